The SMILES string of the molecule is Cc1cc2cc(n1)-c1cnn(C)c1OCCC[C@@H](C)Cn1c(nc3ccc(C(=O)N4CC(N(C)CCc5cc(F)c([C@H]6CCC(=O)NC6=O)c(F)c5)C4)cc31)NC2=O. The number of piperidine rings is 1. The summed E-state index contributed by atoms with van der Waals surface area (Å²) in [5.41, 5.74) is 4.39. The molecule has 2 aromatic carbocycles. The van der Waals surface area contributed by atoms with Crippen molar-refractivity contribution in [1.82, 2.24) is 39.4 Å². The van der Waals surface area contributed by atoms with Crippen molar-refractivity contribution >= 4 is 40.6 Å². The first-order valence-electron chi connectivity index (χ1n) is 19.6. The molecule has 0 aliphatic carbocycles. The van der Waals surface area contributed by atoms with E-state index in [1.54, 1.807) is 40.0 Å². The van der Waals surface area contributed by atoms with E-state index in [1.165, 1.54) is 12.1 Å². The molecule has 8 rings (SSSR count). The Kier molecular flexibility index (Phi) is 10.5. The Hall–Kier alpha value is -6.03. The molecule has 2 atom stereocenters. The molecule has 0 spiro atoms. The standard InChI is InChI=1S/C42H45F2N9O5/c1-23-6-5-13-58-41-30(19-45-51(41)4)34-17-27(14-24(2)46-34)38(55)49-42-47-33-9-7-26(18-35(33)53(42)20-23)40(57)52-21-28(22-52)50(3)12-11-25-15-31(43)37(32(44)16-25)29-8-10-36(54)48-39(29)56/h7,9,14-19,23,28-29H,5-6,8,10-13,20-22H2,1-4H3,(H,47,49,55)(H,48,54,56)/t23-,29-/m1/s1. The molecule has 3 aliphatic rings. The molecular weight excluding hydrogens is 749 g/mol. The maximum Gasteiger partial charge on any atom is 0.258 e. The van der Waals surface area contributed by atoms with Gasteiger partial charge in [0.25, 0.3) is 11.8 Å². The first kappa shape index (κ1) is 38.8. The summed E-state index contributed by atoms with van der Waals surface area (Å²) in [5.74, 6) is -3.09. The molecule has 16 heteroatoms. The summed E-state index contributed by atoms with van der Waals surface area (Å²) < 4.78 is 40.0. The lowest BCUT2D eigenvalue weighted by atomic mass is 9.89. The molecule has 2 N–H and O–H groups in total. The molecule has 3 aromatic heterocycles. The minimum Gasteiger partial charge on any atom is -0.477 e. The van der Waals surface area contributed by atoms with E-state index in [4.69, 9.17) is 9.72 Å². The fourth-order valence-electron chi connectivity index (χ4n) is 8.08. The van der Waals surface area contributed by atoms with Gasteiger partial charge in [-0.3, -0.25) is 39.7 Å². The average Bonchev–Trinajstić information content (AvgIpc) is 3.69. The zero-order chi connectivity index (χ0) is 40.8. The van der Waals surface area contributed by atoms with Gasteiger partial charge in [-0.15, -0.1) is 0 Å². The maximum absolute atomic E-state index is 15.1. The fourth-order valence-corrected chi connectivity index (χ4v) is 8.08. The highest BCUT2D eigenvalue weighted by molar-refractivity contribution is 6.05. The number of imidazole rings is 1. The number of rotatable bonds is 6. The molecule has 58 heavy (non-hydrogen) atoms. The third kappa shape index (κ3) is 7.67. The van der Waals surface area contributed by atoms with E-state index in [0.717, 1.165) is 18.4 Å². The predicted octanol–water partition coefficient (Wildman–Crippen LogP) is 5.00. The number of anilines is 1. The number of pyridine rings is 1. The van der Waals surface area contributed by atoms with Gasteiger partial charge in [0.2, 0.25) is 23.6 Å². The summed E-state index contributed by atoms with van der Waals surface area (Å²) >= 11 is 0. The van der Waals surface area contributed by atoms with Crippen LogP contribution in [0, 0.1) is 24.5 Å². The van der Waals surface area contributed by atoms with E-state index in [9.17, 15) is 19.2 Å². The molecule has 0 radical (unpaired) electrons. The number of hydrogen-bond donors (Lipinski definition) is 2. The van der Waals surface area contributed by atoms with Crippen LogP contribution in [0.1, 0.15) is 76.1 Å². The van der Waals surface area contributed by atoms with Crippen LogP contribution in [0.2, 0.25) is 0 Å². The van der Waals surface area contributed by atoms with Crippen LogP contribution < -0.4 is 15.4 Å². The Bertz CT molecular complexity index is 2430. The highest BCUT2D eigenvalue weighted by Crippen LogP contribution is 2.33. The van der Waals surface area contributed by atoms with Crippen LogP contribution in [-0.2, 0) is 29.6 Å². The van der Waals surface area contributed by atoms with Crippen molar-refractivity contribution in [3.8, 4) is 17.1 Å². The minimum absolute atomic E-state index is 0.0293. The summed E-state index contributed by atoms with van der Waals surface area (Å²) in [6.07, 6.45) is 3.77. The zero-order valence-electron chi connectivity index (χ0n) is 32.8. The lowest BCUT2D eigenvalue weighted by molar-refractivity contribution is -0.134. The van der Waals surface area contributed by atoms with Crippen molar-refractivity contribution in [3.05, 3.63) is 88.2 Å². The van der Waals surface area contributed by atoms with Crippen LogP contribution in [0.4, 0.5) is 14.7 Å². The molecule has 2 bridgehead atoms. The van der Waals surface area contributed by atoms with Crippen LogP contribution in [0.15, 0.2) is 48.7 Å². The molecule has 0 unspecified atom stereocenters. The van der Waals surface area contributed by atoms with Crippen LogP contribution in [-0.4, -0.2) is 97.1 Å². The molecule has 3 aliphatic heterocycles. The summed E-state index contributed by atoms with van der Waals surface area (Å²) in [5, 5.41) is 9.56. The van der Waals surface area contributed by atoms with Crippen molar-refractivity contribution in [2.75, 3.05) is 38.6 Å². The number of halogens is 2. The molecule has 2 fully saturated rings. The number of likely N-dealkylation sites (N-methyl/N-ethyl adjacent to an activating group) is 1. The molecule has 14 nitrogen and oxygen atoms in total. The van der Waals surface area contributed by atoms with Gasteiger partial charge in [-0.05, 0) is 93.6 Å². The van der Waals surface area contributed by atoms with Gasteiger partial charge in [0, 0.05) is 68.1 Å². The zero-order valence-corrected chi connectivity index (χ0v) is 32.8. The Morgan fingerprint density at radius 3 is 2.53 bits per heavy atom. The maximum atomic E-state index is 15.1. The lowest BCUT2D eigenvalue weighted by Gasteiger charge is -2.44. The third-order valence-electron chi connectivity index (χ3n) is 11.4. The fraction of sp³-hybridized carbons (Fsp3) is 0.405. The van der Waals surface area contributed by atoms with E-state index in [1.807, 2.05) is 31.7 Å². The molecule has 302 valence electrons. The van der Waals surface area contributed by atoms with Crippen LogP contribution in [0.5, 0.6) is 5.88 Å². The molecule has 0 saturated carbocycles. The second kappa shape index (κ2) is 15.7. The van der Waals surface area contributed by atoms with Crippen molar-refractivity contribution in [2.24, 2.45) is 13.0 Å². The number of carbonyl (C=O) groups excluding carboxylic acids is 4. The number of aryl methyl sites for hydroxylation is 2. The number of carbonyl (C=O) groups is 4. The highest BCUT2D eigenvalue weighted by Gasteiger charge is 2.35. The third-order valence-corrected chi connectivity index (χ3v) is 11.4. The smallest absolute Gasteiger partial charge is 0.258 e. The first-order chi connectivity index (χ1) is 27.8. The average molecular weight is 794 g/mol. The number of ether oxygens (including phenoxy) is 1. The van der Waals surface area contributed by atoms with Crippen LogP contribution >= 0.6 is 0 Å². The van der Waals surface area contributed by atoms with Crippen LogP contribution in [0.3, 0.4) is 0 Å². The first-order valence-corrected chi connectivity index (χ1v) is 19.6. The Balaban J connectivity index is 0.951. The monoisotopic (exact) mass is 793 g/mol. The molecule has 6 heterocycles. The lowest BCUT2D eigenvalue weighted by Crippen LogP contribution is -2.60. The molecule has 2 saturated heterocycles. The number of amides is 4. The van der Waals surface area contributed by atoms with E-state index in [-0.39, 0.29) is 42.2 Å². The van der Waals surface area contributed by atoms with Crippen molar-refractivity contribution in [2.45, 2.75) is 64.5 Å². The summed E-state index contributed by atoms with van der Waals surface area (Å²) in [6, 6.07) is 11.4. The minimum atomic E-state index is -1.04. The quantitative estimate of drug-likeness (QED) is 0.226. The second-order valence-corrected chi connectivity index (χ2v) is 15.7. The van der Waals surface area contributed by atoms with Gasteiger partial charge in [-0.1, -0.05) is 6.92 Å². The predicted molar refractivity (Wildman–Crippen MR) is 210 cm³/mol. The van der Waals surface area contributed by atoms with E-state index < -0.39 is 29.4 Å². The van der Waals surface area contributed by atoms with Gasteiger partial charge in [0.05, 0.1) is 41.0 Å². The van der Waals surface area contributed by atoms with E-state index >= 15 is 8.78 Å². The molecule has 4 amide bonds. The van der Waals surface area contributed by atoms with Gasteiger partial charge in [-0.2, -0.15) is 5.10 Å². The Morgan fingerprint density at radius 2 is 1.78 bits per heavy atom. The molecule has 5 aromatic rings. The highest BCUT2D eigenvalue weighted by atomic mass is 19.1. The van der Waals surface area contributed by atoms with E-state index in [0.29, 0.717) is 90.2 Å². The second-order valence-electron chi connectivity index (χ2n) is 15.7. The summed E-state index contributed by atoms with van der Waals surface area (Å²) in [6.45, 7) is 6.46. The Labute approximate surface area is 333 Å². The number of imide groups is 1. The van der Waals surface area contributed by atoms with Crippen LogP contribution in [0.25, 0.3) is 22.3 Å². The largest absolute Gasteiger partial charge is 0.477 e. The summed E-state index contributed by atoms with van der Waals surface area (Å²) in [7, 11) is 3.73. The Morgan fingerprint density at radius 1 is 1.00 bits per heavy atom. The number of likely N-dealkylation sites (tertiary alicyclic amines) is 1. The van der Waals surface area contributed by atoms with E-state index in [2.05, 4.69) is 32.5 Å². The normalized spacial score (nSPS) is 19.1. The number of aromatic nitrogens is 5. The van der Waals surface area contributed by atoms with Crippen molar-refractivity contribution in [1.29, 1.82) is 0 Å². The number of fused-ring (bicyclic) bond motifs is 7. The number of nitrogens with one attached hydrogen (secondary N) is 2. The van der Waals surface area contributed by atoms with Crippen molar-refractivity contribution in [3.63, 3.8) is 0 Å². The number of benzene rings is 2. The topological polar surface area (TPSA) is 157 Å². The van der Waals surface area contributed by atoms with Gasteiger partial charge >= 0.3 is 0 Å². The number of nitrogens with zero attached hydrogens (tertiary/aromatic N) is 7. The van der Waals surface area contributed by atoms with Gasteiger partial charge in [0.15, 0.2) is 0 Å². The number of hydrogen-bond acceptors (Lipinski definition) is 9. The van der Waals surface area contributed by atoms with Gasteiger partial charge in [0.1, 0.15) is 11.6 Å². The van der Waals surface area contributed by atoms with Crippen molar-refractivity contribution < 1.29 is 32.7 Å². The van der Waals surface area contributed by atoms with Gasteiger partial charge in [-0.25, -0.2) is 18.4 Å². The molecular formula is C42H45F2N9O5. The van der Waals surface area contributed by atoms with Gasteiger partial charge < -0.3 is 14.2 Å². The summed E-state index contributed by atoms with van der Waals surface area (Å²) in [4.78, 5) is 64.6.